The molecule has 2 aromatic heterocycles. The minimum atomic E-state index is -0.308. The summed E-state index contributed by atoms with van der Waals surface area (Å²) in [5.41, 5.74) is 3.12. The zero-order valence-electron chi connectivity index (χ0n) is 16.6. The van der Waals surface area contributed by atoms with Crippen LogP contribution in [0.25, 0.3) is 5.52 Å². The third kappa shape index (κ3) is 4.22. The van der Waals surface area contributed by atoms with E-state index in [4.69, 9.17) is 0 Å². The van der Waals surface area contributed by atoms with E-state index in [9.17, 15) is 9.59 Å². The lowest BCUT2D eigenvalue weighted by molar-refractivity contribution is 0.0790. The van der Waals surface area contributed by atoms with Crippen molar-refractivity contribution in [3.8, 4) is 0 Å². The number of carbonyl (C=O) groups excluding carboxylic acids is 2. The van der Waals surface area contributed by atoms with Crippen LogP contribution in [0.15, 0.2) is 48.7 Å². The second-order valence-corrected chi connectivity index (χ2v) is 6.99. The number of nitrogens with one attached hydrogen (secondary N) is 1. The van der Waals surface area contributed by atoms with Crippen molar-refractivity contribution in [3.05, 3.63) is 71.3 Å². The molecule has 0 saturated heterocycles. The van der Waals surface area contributed by atoms with E-state index in [1.54, 1.807) is 22.5 Å². The van der Waals surface area contributed by atoms with Crippen molar-refractivity contribution in [2.75, 3.05) is 13.6 Å². The predicted molar refractivity (Wildman–Crippen MR) is 109 cm³/mol. The Morgan fingerprint density at radius 2 is 1.89 bits per heavy atom. The van der Waals surface area contributed by atoms with Crippen molar-refractivity contribution < 1.29 is 9.59 Å². The van der Waals surface area contributed by atoms with Crippen molar-refractivity contribution in [3.63, 3.8) is 0 Å². The first-order chi connectivity index (χ1) is 13.5. The van der Waals surface area contributed by atoms with Gasteiger partial charge in [0.05, 0.1) is 5.52 Å². The van der Waals surface area contributed by atoms with Crippen molar-refractivity contribution in [2.24, 2.45) is 0 Å². The number of nitrogens with zero attached hydrogens (tertiary/aromatic N) is 3. The highest BCUT2D eigenvalue weighted by Gasteiger charge is 2.23. The Kier molecular flexibility index (Phi) is 6.09. The zero-order chi connectivity index (χ0) is 20.1. The highest BCUT2D eigenvalue weighted by molar-refractivity contribution is 6.02. The fourth-order valence-electron chi connectivity index (χ4n) is 3.00. The van der Waals surface area contributed by atoms with Gasteiger partial charge in [-0.15, -0.1) is 0 Å². The van der Waals surface area contributed by atoms with Gasteiger partial charge in [-0.2, -0.15) is 0 Å². The minimum Gasteiger partial charge on any atom is -0.345 e. The molecule has 28 heavy (non-hydrogen) atoms. The number of unbranched alkanes of at least 4 members (excludes halogenated alkanes) is 1. The summed E-state index contributed by atoms with van der Waals surface area (Å²) < 4.78 is 1.67. The van der Waals surface area contributed by atoms with Gasteiger partial charge in [0.2, 0.25) is 5.82 Å². The maximum atomic E-state index is 12.8. The Balaban J connectivity index is 1.84. The molecule has 0 aliphatic rings. The summed E-state index contributed by atoms with van der Waals surface area (Å²) in [5, 5.41) is 2.90. The largest absolute Gasteiger partial charge is 0.345 e. The molecule has 0 bridgehead atoms. The molecule has 0 aliphatic heterocycles. The number of imidazole rings is 1. The van der Waals surface area contributed by atoms with E-state index in [0.29, 0.717) is 24.3 Å². The quantitative estimate of drug-likeness (QED) is 0.685. The van der Waals surface area contributed by atoms with Gasteiger partial charge in [-0.1, -0.05) is 49.2 Å². The molecule has 0 saturated carbocycles. The van der Waals surface area contributed by atoms with Gasteiger partial charge in [0, 0.05) is 26.3 Å². The van der Waals surface area contributed by atoms with Crippen LogP contribution in [0.5, 0.6) is 0 Å². The fourth-order valence-corrected chi connectivity index (χ4v) is 3.00. The molecule has 146 valence electrons. The van der Waals surface area contributed by atoms with Gasteiger partial charge in [0.25, 0.3) is 11.8 Å². The lowest BCUT2D eigenvalue weighted by atomic mass is 10.1. The van der Waals surface area contributed by atoms with E-state index in [-0.39, 0.29) is 17.6 Å². The molecule has 2 amide bonds. The van der Waals surface area contributed by atoms with Gasteiger partial charge >= 0.3 is 0 Å². The Labute approximate surface area is 165 Å². The first-order valence-electron chi connectivity index (χ1n) is 9.57. The van der Waals surface area contributed by atoms with Crippen molar-refractivity contribution >= 4 is 17.3 Å². The predicted octanol–water partition coefficient (Wildman–Crippen LogP) is 3.44. The summed E-state index contributed by atoms with van der Waals surface area (Å²) in [6, 6.07) is 13.5. The van der Waals surface area contributed by atoms with Crippen LogP contribution < -0.4 is 5.32 Å². The Morgan fingerprint density at radius 3 is 2.61 bits per heavy atom. The monoisotopic (exact) mass is 378 g/mol. The molecule has 0 radical (unpaired) electrons. The number of aromatic nitrogens is 2. The van der Waals surface area contributed by atoms with Crippen LogP contribution in [-0.2, 0) is 6.54 Å². The number of aryl methyl sites for hydroxylation is 1. The number of hydrogen-bond donors (Lipinski definition) is 1. The van der Waals surface area contributed by atoms with E-state index in [1.165, 1.54) is 5.56 Å². The number of fused-ring (bicyclic) bond motifs is 1. The second kappa shape index (κ2) is 8.69. The molecule has 0 fully saturated rings. The number of amides is 2. The maximum Gasteiger partial charge on any atom is 0.287 e. The fraction of sp³-hybridized carbons (Fsp3) is 0.318. The molecule has 0 spiro atoms. The van der Waals surface area contributed by atoms with Gasteiger partial charge < -0.3 is 10.2 Å². The number of hydrogen-bond acceptors (Lipinski definition) is 3. The standard InChI is InChI=1S/C22H26N4O2/c1-4-5-13-25(3)22(28)19-18-8-6-7-14-26(18)20(24-19)21(27)23-15-17-11-9-16(2)10-12-17/h6-12,14H,4-5,13,15H2,1-3H3,(H,23,27). The van der Waals surface area contributed by atoms with Gasteiger partial charge in [-0.05, 0) is 31.0 Å². The van der Waals surface area contributed by atoms with Crippen molar-refractivity contribution in [1.82, 2.24) is 19.6 Å². The van der Waals surface area contributed by atoms with Gasteiger partial charge in [-0.3, -0.25) is 14.0 Å². The summed E-state index contributed by atoms with van der Waals surface area (Å²) in [4.78, 5) is 31.7. The normalized spacial score (nSPS) is 10.8. The van der Waals surface area contributed by atoms with Gasteiger partial charge in [0.1, 0.15) is 0 Å². The number of benzene rings is 1. The van der Waals surface area contributed by atoms with Crippen LogP contribution in [0.2, 0.25) is 0 Å². The molecule has 3 rings (SSSR count). The van der Waals surface area contributed by atoms with E-state index in [1.807, 2.05) is 49.4 Å². The smallest absolute Gasteiger partial charge is 0.287 e. The lowest BCUT2D eigenvalue weighted by Gasteiger charge is -2.15. The second-order valence-electron chi connectivity index (χ2n) is 6.99. The summed E-state index contributed by atoms with van der Waals surface area (Å²) in [5.74, 6) is -0.262. The van der Waals surface area contributed by atoms with Crippen LogP contribution >= 0.6 is 0 Å². The highest BCUT2D eigenvalue weighted by atomic mass is 16.2. The molecule has 3 aromatic rings. The molecule has 1 aromatic carbocycles. The summed E-state index contributed by atoms with van der Waals surface area (Å²) in [6.07, 6.45) is 3.69. The summed E-state index contributed by atoms with van der Waals surface area (Å²) >= 11 is 0. The highest BCUT2D eigenvalue weighted by Crippen LogP contribution is 2.15. The van der Waals surface area contributed by atoms with Crippen LogP contribution in [0, 0.1) is 6.92 Å². The summed E-state index contributed by atoms with van der Waals surface area (Å²) in [7, 11) is 1.77. The van der Waals surface area contributed by atoms with Crippen LogP contribution in [0.3, 0.4) is 0 Å². The van der Waals surface area contributed by atoms with Crippen LogP contribution in [0.1, 0.15) is 52.0 Å². The molecular formula is C22H26N4O2. The number of pyridine rings is 1. The molecule has 2 heterocycles. The number of rotatable bonds is 7. The first kappa shape index (κ1) is 19.6. The third-order valence-electron chi connectivity index (χ3n) is 4.72. The average molecular weight is 378 g/mol. The minimum absolute atomic E-state index is 0.172. The number of carbonyl (C=O) groups is 2. The molecule has 0 unspecified atom stereocenters. The Morgan fingerprint density at radius 1 is 1.14 bits per heavy atom. The topological polar surface area (TPSA) is 66.7 Å². The molecule has 6 heteroatoms. The van der Waals surface area contributed by atoms with Gasteiger partial charge in [0.15, 0.2) is 5.69 Å². The van der Waals surface area contributed by atoms with E-state index in [0.717, 1.165) is 18.4 Å². The molecule has 1 N–H and O–H groups in total. The maximum absolute atomic E-state index is 12.8. The summed E-state index contributed by atoms with van der Waals surface area (Å²) in [6.45, 7) is 5.17. The first-order valence-corrected chi connectivity index (χ1v) is 9.57. The van der Waals surface area contributed by atoms with Crippen LogP contribution in [0.4, 0.5) is 0 Å². The SMILES string of the molecule is CCCCN(C)C(=O)c1nc(C(=O)NCc2ccc(C)cc2)n2ccccc12. The van der Waals surface area contributed by atoms with Crippen molar-refractivity contribution in [2.45, 2.75) is 33.2 Å². The molecule has 6 nitrogen and oxygen atoms in total. The van der Waals surface area contributed by atoms with E-state index in [2.05, 4.69) is 17.2 Å². The van der Waals surface area contributed by atoms with E-state index >= 15 is 0 Å². The lowest BCUT2D eigenvalue weighted by Crippen LogP contribution is -2.28. The van der Waals surface area contributed by atoms with Crippen molar-refractivity contribution in [1.29, 1.82) is 0 Å². The van der Waals surface area contributed by atoms with Gasteiger partial charge in [-0.25, -0.2) is 4.98 Å². The Bertz CT molecular complexity index is 976. The zero-order valence-corrected chi connectivity index (χ0v) is 16.6. The Hall–Kier alpha value is -3.15. The van der Waals surface area contributed by atoms with E-state index < -0.39 is 0 Å². The average Bonchev–Trinajstić information content (AvgIpc) is 3.10. The molecule has 0 atom stereocenters. The van der Waals surface area contributed by atoms with Crippen LogP contribution in [-0.4, -0.2) is 39.7 Å². The third-order valence-corrected chi connectivity index (χ3v) is 4.72. The molecule has 0 aliphatic carbocycles. The molecular weight excluding hydrogens is 352 g/mol.